The van der Waals surface area contributed by atoms with Crippen molar-refractivity contribution in [2.24, 2.45) is 0 Å². The molecule has 0 fully saturated rings. The molecule has 0 spiro atoms. The molecule has 0 heterocycles. The molecule has 0 aliphatic rings. The second kappa shape index (κ2) is 6.74. The third-order valence-electron chi connectivity index (χ3n) is 3.03. The van der Waals surface area contributed by atoms with Crippen LogP contribution < -0.4 is 24.7 Å². The molecule has 0 saturated heterocycles. The number of rotatable bonds is 6. The molecule has 0 aromatic heterocycles. The molecule has 0 bridgehead atoms. The van der Waals surface area contributed by atoms with Crippen LogP contribution in [0.25, 0.3) is 0 Å². The molecular weight excluding hydrogens is 270 g/mol. The lowest BCUT2D eigenvalue weighted by Crippen LogP contribution is -2.00. The van der Waals surface area contributed by atoms with Gasteiger partial charge >= 0.3 is 0 Å². The van der Waals surface area contributed by atoms with Crippen LogP contribution in [0.15, 0.2) is 36.4 Å². The number of hydrogen-bond acceptors (Lipinski definition) is 5. The summed E-state index contributed by atoms with van der Waals surface area (Å²) < 4.78 is 21.5. The monoisotopic (exact) mass is 289 g/mol. The molecule has 0 saturated carbocycles. The van der Waals surface area contributed by atoms with E-state index >= 15 is 0 Å². The smallest absolute Gasteiger partial charge is 0.163 e. The lowest BCUT2D eigenvalue weighted by atomic mass is 10.2. The van der Waals surface area contributed by atoms with Crippen LogP contribution in [-0.2, 0) is 6.61 Å². The van der Waals surface area contributed by atoms with E-state index in [0.29, 0.717) is 35.3 Å². The fourth-order valence-electron chi connectivity index (χ4n) is 1.94. The van der Waals surface area contributed by atoms with E-state index < -0.39 is 0 Å². The molecule has 21 heavy (non-hydrogen) atoms. The first kappa shape index (κ1) is 14.8. The molecule has 5 heteroatoms. The SMILES string of the molecule is COc1ccc(COc2cc(N)ccc2OC)cc1OC. The maximum Gasteiger partial charge on any atom is 0.163 e. The van der Waals surface area contributed by atoms with Crippen molar-refractivity contribution in [1.29, 1.82) is 0 Å². The molecule has 2 aromatic rings. The lowest BCUT2D eigenvalue weighted by Gasteiger charge is -2.13. The van der Waals surface area contributed by atoms with E-state index in [2.05, 4.69) is 0 Å². The van der Waals surface area contributed by atoms with Crippen molar-refractivity contribution >= 4 is 5.69 Å². The van der Waals surface area contributed by atoms with Gasteiger partial charge in [0.2, 0.25) is 0 Å². The van der Waals surface area contributed by atoms with Gasteiger partial charge in [0.1, 0.15) is 6.61 Å². The van der Waals surface area contributed by atoms with Crippen LogP contribution >= 0.6 is 0 Å². The molecule has 112 valence electrons. The highest BCUT2D eigenvalue weighted by atomic mass is 16.5. The Morgan fingerprint density at radius 3 is 2.05 bits per heavy atom. The van der Waals surface area contributed by atoms with Gasteiger partial charge in [0.15, 0.2) is 23.0 Å². The average Bonchev–Trinajstić information content (AvgIpc) is 2.52. The summed E-state index contributed by atoms with van der Waals surface area (Å²) in [7, 11) is 4.80. The van der Waals surface area contributed by atoms with E-state index in [4.69, 9.17) is 24.7 Å². The van der Waals surface area contributed by atoms with Gasteiger partial charge in [-0.3, -0.25) is 0 Å². The van der Waals surface area contributed by atoms with E-state index in [1.54, 1.807) is 39.5 Å². The molecule has 0 aliphatic heterocycles. The van der Waals surface area contributed by atoms with Crippen LogP contribution in [0.4, 0.5) is 5.69 Å². The van der Waals surface area contributed by atoms with E-state index in [1.807, 2.05) is 18.2 Å². The van der Waals surface area contributed by atoms with Crippen molar-refractivity contribution in [2.45, 2.75) is 6.61 Å². The van der Waals surface area contributed by atoms with E-state index in [0.717, 1.165) is 5.56 Å². The van der Waals surface area contributed by atoms with Gasteiger partial charge in [-0.05, 0) is 29.8 Å². The molecule has 0 radical (unpaired) electrons. The standard InChI is InChI=1S/C16H19NO4/c1-18-13-6-4-11(8-15(13)20-3)10-21-16-9-12(17)5-7-14(16)19-2/h4-9H,10,17H2,1-3H3. The summed E-state index contributed by atoms with van der Waals surface area (Å²) in [5.41, 5.74) is 7.34. The zero-order valence-corrected chi connectivity index (χ0v) is 12.4. The number of nitrogen functional groups attached to an aromatic ring is 1. The van der Waals surface area contributed by atoms with Gasteiger partial charge < -0.3 is 24.7 Å². The molecule has 5 nitrogen and oxygen atoms in total. The quantitative estimate of drug-likeness (QED) is 0.828. The van der Waals surface area contributed by atoms with Crippen molar-refractivity contribution in [1.82, 2.24) is 0 Å². The average molecular weight is 289 g/mol. The molecule has 2 rings (SSSR count). The Morgan fingerprint density at radius 2 is 1.38 bits per heavy atom. The van der Waals surface area contributed by atoms with Crippen molar-refractivity contribution in [2.75, 3.05) is 27.1 Å². The van der Waals surface area contributed by atoms with Gasteiger partial charge in [0, 0.05) is 11.8 Å². The van der Waals surface area contributed by atoms with Crippen LogP contribution in [0.2, 0.25) is 0 Å². The molecule has 0 aliphatic carbocycles. The second-order valence-corrected chi connectivity index (χ2v) is 4.39. The van der Waals surface area contributed by atoms with Gasteiger partial charge in [-0.25, -0.2) is 0 Å². The zero-order valence-electron chi connectivity index (χ0n) is 12.4. The Balaban J connectivity index is 2.14. The van der Waals surface area contributed by atoms with Crippen molar-refractivity contribution in [3.05, 3.63) is 42.0 Å². The van der Waals surface area contributed by atoms with Gasteiger partial charge in [0.25, 0.3) is 0 Å². The van der Waals surface area contributed by atoms with Crippen LogP contribution in [0, 0.1) is 0 Å². The summed E-state index contributed by atoms with van der Waals surface area (Å²) in [4.78, 5) is 0. The first-order valence-electron chi connectivity index (χ1n) is 6.45. The van der Waals surface area contributed by atoms with Crippen molar-refractivity contribution in [3.8, 4) is 23.0 Å². The highest BCUT2D eigenvalue weighted by Crippen LogP contribution is 2.31. The number of nitrogens with two attached hydrogens (primary N) is 1. The highest BCUT2D eigenvalue weighted by molar-refractivity contribution is 5.52. The number of methoxy groups -OCH3 is 3. The van der Waals surface area contributed by atoms with Gasteiger partial charge in [-0.1, -0.05) is 6.07 Å². The normalized spacial score (nSPS) is 10.0. The Bertz CT molecular complexity index is 613. The number of hydrogen-bond donors (Lipinski definition) is 1. The first-order valence-corrected chi connectivity index (χ1v) is 6.45. The van der Waals surface area contributed by atoms with Crippen molar-refractivity contribution < 1.29 is 18.9 Å². The molecule has 2 N–H and O–H groups in total. The summed E-state index contributed by atoms with van der Waals surface area (Å²) in [6.45, 7) is 0.375. The third-order valence-corrected chi connectivity index (χ3v) is 3.03. The largest absolute Gasteiger partial charge is 0.493 e. The van der Waals surface area contributed by atoms with E-state index in [9.17, 15) is 0 Å². The topological polar surface area (TPSA) is 62.9 Å². The minimum Gasteiger partial charge on any atom is -0.493 e. The van der Waals surface area contributed by atoms with E-state index in [1.165, 1.54) is 0 Å². The minimum absolute atomic E-state index is 0.375. The molecule has 0 amide bonds. The Morgan fingerprint density at radius 1 is 0.762 bits per heavy atom. The lowest BCUT2D eigenvalue weighted by molar-refractivity contribution is 0.283. The summed E-state index contributed by atoms with van der Waals surface area (Å²) in [6.07, 6.45) is 0. The van der Waals surface area contributed by atoms with Crippen LogP contribution in [0.5, 0.6) is 23.0 Å². The molecule has 0 atom stereocenters. The summed E-state index contributed by atoms with van der Waals surface area (Å²) in [6, 6.07) is 10.9. The van der Waals surface area contributed by atoms with Gasteiger partial charge in [-0.2, -0.15) is 0 Å². The Kier molecular flexibility index (Phi) is 4.77. The fourth-order valence-corrected chi connectivity index (χ4v) is 1.94. The third kappa shape index (κ3) is 3.51. The van der Waals surface area contributed by atoms with Gasteiger partial charge in [-0.15, -0.1) is 0 Å². The molecule has 2 aromatic carbocycles. The summed E-state index contributed by atoms with van der Waals surface area (Å²) in [5.74, 6) is 2.60. The summed E-state index contributed by atoms with van der Waals surface area (Å²) in [5, 5.41) is 0. The highest BCUT2D eigenvalue weighted by Gasteiger charge is 2.08. The summed E-state index contributed by atoms with van der Waals surface area (Å²) >= 11 is 0. The minimum atomic E-state index is 0.375. The zero-order chi connectivity index (χ0) is 15.2. The number of ether oxygens (including phenoxy) is 4. The second-order valence-electron chi connectivity index (χ2n) is 4.39. The fraction of sp³-hybridized carbons (Fsp3) is 0.250. The maximum atomic E-state index is 5.77. The van der Waals surface area contributed by atoms with Crippen LogP contribution in [0.3, 0.4) is 0 Å². The van der Waals surface area contributed by atoms with Crippen LogP contribution in [-0.4, -0.2) is 21.3 Å². The Labute approximate surface area is 124 Å². The van der Waals surface area contributed by atoms with Crippen molar-refractivity contribution in [3.63, 3.8) is 0 Å². The molecule has 0 unspecified atom stereocenters. The number of benzene rings is 2. The number of anilines is 1. The molecular formula is C16H19NO4. The van der Waals surface area contributed by atoms with Crippen LogP contribution in [0.1, 0.15) is 5.56 Å². The van der Waals surface area contributed by atoms with Gasteiger partial charge in [0.05, 0.1) is 21.3 Å². The maximum absolute atomic E-state index is 5.77. The first-order chi connectivity index (χ1) is 10.2. The predicted octanol–water partition coefficient (Wildman–Crippen LogP) is 2.87. The Hall–Kier alpha value is -2.56. The van der Waals surface area contributed by atoms with E-state index in [-0.39, 0.29) is 0 Å². The predicted molar refractivity (Wildman–Crippen MR) is 81.3 cm³/mol.